The molecule has 4 bridgehead atoms. The minimum absolute atomic E-state index is 0.0141. The third-order valence-electron chi connectivity index (χ3n) is 5.91. The molecule has 4 nitrogen and oxygen atoms in total. The van der Waals surface area contributed by atoms with Gasteiger partial charge < -0.3 is 15.8 Å². The molecular weight excluding hydrogens is 276 g/mol. The number of ether oxygens (including phenoxy) is 1. The van der Waals surface area contributed by atoms with Crippen molar-refractivity contribution in [3.05, 3.63) is 23.8 Å². The SMILES string of the molecule is COc1cc(C(=O)NC23CC4CC(CC(C4)C2)C3)ccc1N. The van der Waals surface area contributed by atoms with Crippen molar-refractivity contribution in [3.8, 4) is 5.75 Å². The second kappa shape index (κ2) is 4.90. The molecule has 1 aromatic rings. The highest BCUT2D eigenvalue weighted by Gasteiger charge is 2.51. The number of carbonyl (C=O) groups excluding carboxylic acids is 1. The van der Waals surface area contributed by atoms with Gasteiger partial charge in [0.05, 0.1) is 12.8 Å². The van der Waals surface area contributed by atoms with Gasteiger partial charge in [-0.1, -0.05) is 0 Å². The molecule has 5 rings (SSSR count). The van der Waals surface area contributed by atoms with Crippen molar-refractivity contribution >= 4 is 11.6 Å². The number of anilines is 1. The zero-order valence-electron chi connectivity index (χ0n) is 13.1. The van der Waals surface area contributed by atoms with E-state index in [1.807, 2.05) is 0 Å². The molecule has 0 atom stereocenters. The first-order valence-corrected chi connectivity index (χ1v) is 8.33. The molecule has 0 saturated heterocycles. The smallest absolute Gasteiger partial charge is 0.251 e. The van der Waals surface area contributed by atoms with E-state index in [-0.39, 0.29) is 11.4 Å². The molecule has 4 aliphatic carbocycles. The molecular formula is C18H24N2O2. The Kier molecular flexibility index (Phi) is 3.10. The van der Waals surface area contributed by atoms with Crippen molar-refractivity contribution < 1.29 is 9.53 Å². The summed E-state index contributed by atoms with van der Waals surface area (Å²) >= 11 is 0. The van der Waals surface area contributed by atoms with Crippen LogP contribution in [0, 0.1) is 17.8 Å². The topological polar surface area (TPSA) is 64.3 Å². The highest BCUT2D eigenvalue weighted by molar-refractivity contribution is 5.95. The molecule has 0 aromatic heterocycles. The summed E-state index contributed by atoms with van der Waals surface area (Å²) in [5.41, 5.74) is 7.08. The van der Waals surface area contributed by atoms with Crippen LogP contribution in [0.1, 0.15) is 48.9 Å². The highest BCUT2D eigenvalue weighted by Crippen LogP contribution is 2.55. The van der Waals surface area contributed by atoms with Crippen molar-refractivity contribution in [2.45, 2.75) is 44.1 Å². The van der Waals surface area contributed by atoms with Crippen LogP contribution in [0.15, 0.2) is 18.2 Å². The molecule has 0 spiro atoms. The van der Waals surface area contributed by atoms with E-state index in [0.29, 0.717) is 17.0 Å². The molecule has 4 fully saturated rings. The van der Waals surface area contributed by atoms with Crippen molar-refractivity contribution in [1.29, 1.82) is 0 Å². The molecule has 4 heteroatoms. The standard InChI is InChI=1S/C18H24N2O2/c1-22-16-7-14(2-3-15(16)19)17(21)20-18-8-11-4-12(9-18)6-13(5-11)10-18/h2-3,7,11-13H,4-6,8-10,19H2,1H3,(H,20,21). The monoisotopic (exact) mass is 300 g/mol. The van der Waals surface area contributed by atoms with Gasteiger partial charge in [0.25, 0.3) is 5.91 Å². The molecule has 118 valence electrons. The maximum absolute atomic E-state index is 12.7. The highest BCUT2D eigenvalue weighted by atomic mass is 16.5. The Balaban J connectivity index is 1.55. The molecule has 0 unspecified atom stereocenters. The quantitative estimate of drug-likeness (QED) is 0.844. The predicted molar refractivity (Wildman–Crippen MR) is 85.8 cm³/mol. The van der Waals surface area contributed by atoms with E-state index in [1.54, 1.807) is 25.3 Å². The Morgan fingerprint density at radius 3 is 2.32 bits per heavy atom. The third kappa shape index (κ3) is 2.25. The van der Waals surface area contributed by atoms with E-state index in [4.69, 9.17) is 10.5 Å². The second-order valence-corrected chi connectivity index (χ2v) is 7.61. The predicted octanol–water partition coefficient (Wildman–Crippen LogP) is 2.98. The van der Waals surface area contributed by atoms with Crippen molar-refractivity contribution in [2.75, 3.05) is 12.8 Å². The minimum atomic E-state index is 0.0141. The molecule has 0 heterocycles. The van der Waals surface area contributed by atoms with Crippen LogP contribution in [0.5, 0.6) is 5.75 Å². The number of hydrogen-bond donors (Lipinski definition) is 2. The Morgan fingerprint density at radius 2 is 1.77 bits per heavy atom. The van der Waals surface area contributed by atoms with Gasteiger partial charge >= 0.3 is 0 Å². The number of nitrogens with one attached hydrogen (secondary N) is 1. The summed E-state index contributed by atoms with van der Waals surface area (Å²) in [7, 11) is 1.58. The first-order chi connectivity index (χ1) is 10.6. The number of nitrogens with two attached hydrogens (primary N) is 1. The fourth-order valence-corrected chi connectivity index (χ4v) is 5.43. The summed E-state index contributed by atoms with van der Waals surface area (Å²) in [6.45, 7) is 0. The molecule has 4 saturated carbocycles. The van der Waals surface area contributed by atoms with E-state index in [0.717, 1.165) is 37.0 Å². The van der Waals surface area contributed by atoms with Crippen LogP contribution in [-0.2, 0) is 0 Å². The largest absolute Gasteiger partial charge is 0.495 e. The molecule has 1 aromatic carbocycles. The maximum atomic E-state index is 12.7. The number of amides is 1. The van der Waals surface area contributed by atoms with Gasteiger partial charge in [-0.3, -0.25) is 4.79 Å². The van der Waals surface area contributed by atoms with Gasteiger partial charge in [0.2, 0.25) is 0 Å². The summed E-state index contributed by atoms with van der Waals surface area (Å²) in [5, 5.41) is 3.38. The van der Waals surface area contributed by atoms with Crippen LogP contribution in [0.4, 0.5) is 5.69 Å². The molecule has 3 N–H and O–H groups in total. The third-order valence-corrected chi connectivity index (χ3v) is 5.91. The summed E-state index contributed by atoms with van der Waals surface area (Å²) in [4.78, 5) is 12.7. The summed E-state index contributed by atoms with van der Waals surface area (Å²) in [6, 6.07) is 5.27. The average molecular weight is 300 g/mol. The lowest BCUT2D eigenvalue weighted by Gasteiger charge is -2.56. The van der Waals surface area contributed by atoms with Gasteiger partial charge in [0.1, 0.15) is 5.75 Å². The Hall–Kier alpha value is -1.71. The lowest BCUT2D eigenvalue weighted by molar-refractivity contribution is -0.0167. The van der Waals surface area contributed by atoms with Crippen LogP contribution < -0.4 is 15.8 Å². The van der Waals surface area contributed by atoms with Gasteiger partial charge in [0, 0.05) is 11.1 Å². The molecule has 4 aliphatic rings. The normalized spacial score (nSPS) is 35.4. The number of hydrogen-bond acceptors (Lipinski definition) is 3. The van der Waals surface area contributed by atoms with Gasteiger partial charge in [-0.25, -0.2) is 0 Å². The van der Waals surface area contributed by atoms with Gasteiger partial charge in [-0.05, 0) is 74.5 Å². The Morgan fingerprint density at radius 1 is 1.18 bits per heavy atom. The van der Waals surface area contributed by atoms with Crippen molar-refractivity contribution in [3.63, 3.8) is 0 Å². The van der Waals surface area contributed by atoms with Crippen LogP contribution in [0.3, 0.4) is 0 Å². The van der Waals surface area contributed by atoms with E-state index in [2.05, 4.69) is 5.32 Å². The van der Waals surface area contributed by atoms with E-state index in [1.165, 1.54) is 19.3 Å². The lowest BCUT2D eigenvalue weighted by atomic mass is 9.53. The first-order valence-electron chi connectivity index (χ1n) is 8.33. The zero-order chi connectivity index (χ0) is 15.3. The molecule has 0 radical (unpaired) electrons. The fourth-order valence-electron chi connectivity index (χ4n) is 5.43. The van der Waals surface area contributed by atoms with E-state index in [9.17, 15) is 4.79 Å². The minimum Gasteiger partial charge on any atom is -0.495 e. The van der Waals surface area contributed by atoms with Gasteiger partial charge in [-0.15, -0.1) is 0 Å². The number of rotatable bonds is 3. The maximum Gasteiger partial charge on any atom is 0.251 e. The van der Waals surface area contributed by atoms with E-state index >= 15 is 0 Å². The Bertz CT molecular complexity index is 576. The zero-order valence-corrected chi connectivity index (χ0v) is 13.1. The molecule has 22 heavy (non-hydrogen) atoms. The Labute approximate surface area is 131 Å². The van der Waals surface area contributed by atoms with Crippen molar-refractivity contribution in [1.82, 2.24) is 5.32 Å². The lowest BCUT2D eigenvalue weighted by Crippen LogP contribution is -2.59. The molecule has 1 amide bonds. The average Bonchev–Trinajstić information content (AvgIpc) is 2.45. The summed E-state index contributed by atoms with van der Waals surface area (Å²) in [6.07, 6.45) is 7.63. The number of nitrogen functional groups attached to an aromatic ring is 1. The van der Waals surface area contributed by atoms with Crippen LogP contribution >= 0.6 is 0 Å². The number of carbonyl (C=O) groups is 1. The van der Waals surface area contributed by atoms with Gasteiger partial charge in [-0.2, -0.15) is 0 Å². The molecule has 0 aliphatic heterocycles. The van der Waals surface area contributed by atoms with Crippen LogP contribution in [-0.4, -0.2) is 18.6 Å². The fraction of sp³-hybridized carbons (Fsp3) is 0.611. The summed E-state index contributed by atoms with van der Waals surface area (Å²) < 4.78 is 5.22. The van der Waals surface area contributed by atoms with Crippen LogP contribution in [0.2, 0.25) is 0 Å². The van der Waals surface area contributed by atoms with Gasteiger partial charge in [0.15, 0.2) is 0 Å². The van der Waals surface area contributed by atoms with Crippen LogP contribution in [0.25, 0.3) is 0 Å². The summed E-state index contributed by atoms with van der Waals surface area (Å²) in [5.74, 6) is 3.06. The first kappa shape index (κ1) is 13.9. The number of methoxy groups -OCH3 is 1. The second-order valence-electron chi connectivity index (χ2n) is 7.61. The van der Waals surface area contributed by atoms with Crippen molar-refractivity contribution in [2.24, 2.45) is 17.8 Å². The number of benzene rings is 1. The van der Waals surface area contributed by atoms with E-state index < -0.39 is 0 Å².